The number of hydrogen-bond acceptors (Lipinski definition) is 3. The minimum absolute atomic E-state index is 0.0983. The normalized spacial score (nSPS) is 12.1. The summed E-state index contributed by atoms with van der Waals surface area (Å²) in [5.41, 5.74) is 0.616. The number of aliphatic hydroxyl groups is 1. The van der Waals surface area contributed by atoms with E-state index in [0.29, 0.717) is 24.0 Å². The van der Waals surface area contributed by atoms with E-state index in [9.17, 15) is 4.79 Å². The number of urea groups is 1. The number of anilines is 1. The van der Waals surface area contributed by atoms with E-state index in [0.717, 1.165) is 0 Å². The molecule has 0 spiro atoms. The van der Waals surface area contributed by atoms with Crippen LogP contribution in [0.5, 0.6) is 5.75 Å². The number of benzene rings is 1. The van der Waals surface area contributed by atoms with E-state index in [1.807, 2.05) is 18.2 Å². The maximum Gasteiger partial charge on any atom is 0.319 e. The van der Waals surface area contributed by atoms with Gasteiger partial charge in [0.2, 0.25) is 0 Å². The maximum absolute atomic E-state index is 11.7. The molecule has 0 aromatic heterocycles. The molecule has 0 aliphatic rings. The Kier molecular flexibility index (Phi) is 6.15. The lowest BCUT2D eigenvalue weighted by Crippen LogP contribution is -2.38. The first kappa shape index (κ1) is 15.3. The molecule has 0 aliphatic carbocycles. The van der Waals surface area contributed by atoms with Gasteiger partial charge in [-0.2, -0.15) is 0 Å². The van der Waals surface area contributed by atoms with Crippen LogP contribution in [0.2, 0.25) is 0 Å². The summed E-state index contributed by atoms with van der Waals surface area (Å²) >= 11 is 0. The molecule has 5 heteroatoms. The highest BCUT2D eigenvalue weighted by Gasteiger charge is 2.09. The summed E-state index contributed by atoms with van der Waals surface area (Å²) in [7, 11) is 0. The second-order valence-corrected chi connectivity index (χ2v) is 4.88. The first-order valence-electron chi connectivity index (χ1n) is 6.43. The summed E-state index contributed by atoms with van der Waals surface area (Å²) in [6.45, 7) is 6.34. The molecule has 106 valence electrons. The molecule has 3 N–H and O–H groups in total. The van der Waals surface area contributed by atoms with Crippen LogP contribution in [0.25, 0.3) is 0 Å². The summed E-state index contributed by atoms with van der Waals surface area (Å²) in [6, 6.07) is 6.63. The average molecular weight is 266 g/mol. The fourth-order valence-electron chi connectivity index (χ4n) is 1.38. The summed E-state index contributed by atoms with van der Waals surface area (Å²) in [4.78, 5) is 11.7. The lowest BCUT2D eigenvalue weighted by molar-refractivity contribution is 0.229. The van der Waals surface area contributed by atoms with Gasteiger partial charge < -0.3 is 20.5 Å². The third-order valence-corrected chi connectivity index (χ3v) is 2.36. The Balaban J connectivity index is 2.64. The Morgan fingerprint density at radius 1 is 1.32 bits per heavy atom. The van der Waals surface area contributed by atoms with Crippen LogP contribution in [0.1, 0.15) is 20.8 Å². The zero-order valence-electron chi connectivity index (χ0n) is 11.6. The molecule has 0 saturated carbocycles. The van der Waals surface area contributed by atoms with Crippen LogP contribution in [0.4, 0.5) is 10.5 Å². The van der Waals surface area contributed by atoms with Crippen molar-refractivity contribution in [2.45, 2.75) is 26.8 Å². The van der Waals surface area contributed by atoms with Gasteiger partial charge in [0, 0.05) is 0 Å². The van der Waals surface area contributed by atoms with Gasteiger partial charge in [0.15, 0.2) is 0 Å². The largest absolute Gasteiger partial charge is 0.491 e. The van der Waals surface area contributed by atoms with E-state index in [2.05, 4.69) is 24.5 Å². The summed E-state index contributed by atoms with van der Waals surface area (Å²) < 4.78 is 5.64. The Morgan fingerprint density at radius 3 is 2.63 bits per heavy atom. The lowest BCUT2D eigenvalue weighted by atomic mass is 10.2. The Morgan fingerprint density at radius 2 is 2.00 bits per heavy atom. The van der Waals surface area contributed by atoms with Crippen molar-refractivity contribution in [3.63, 3.8) is 0 Å². The van der Waals surface area contributed by atoms with Crippen molar-refractivity contribution in [2.75, 3.05) is 18.5 Å². The number of carbonyl (C=O) groups is 1. The molecule has 1 atom stereocenters. The van der Waals surface area contributed by atoms with E-state index in [1.54, 1.807) is 13.0 Å². The molecule has 0 radical (unpaired) electrons. The molecule has 2 amide bonds. The minimum Gasteiger partial charge on any atom is -0.491 e. The molecule has 1 aromatic carbocycles. The van der Waals surface area contributed by atoms with Crippen molar-refractivity contribution in [1.82, 2.24) is 5.32 Å². The number of carbonyl (C=O) groups excluding carboxylic acids is 1. The minimum atomic E-state index is -0.359. The molecule has 0 fully saturated rings. The van der Waals surface area contributed by atoms with E-state index >= 15 is 0 Å². The first-order chi connectivity index (χ1) is 9.02. The van der Waals surface area contributed by atoms with Gasteiger partial charge in [-0.05, 0) is 25.0 Å². The van der Waals surface area contributed by atoms with Gasteiger partial charge in [0.05, 0.1) is 24.9 Å². The fraction of sp³-hybridized carbons (Fsp3) is 0.500. The van der Waals surface area contributed by atoms with Crippen LogP contribution in [0.3, 0.4) is 0 Å². The first-order valence-corrected chi connectivity index (χ1v) is 6.43. The molecule has 1 rings (SSSR count). The highest BCUT2D eigenvalue weighted by molar-refractivity contribution is 5.91. The highest BCUT2D eigenvalue weighted by Crippen LogP contribution is 2.24. The quantitative estimate of drug-likeness (QED) is 0.739. The van der Waals surface area contributed by atoms with E-state index < -0.39 is 0 Å². The third-order valence-electron chi connectivity index (χ3n) is 2.36. The highest BCUT2D eigenvalue weighted by atomic mass is 16.5. The van der Waals surface area contributed by atoms with Crippen LogP contribution in [0, 0.1) is 5.92 Å². The summed E-state index contributed by atoms with van der Waals surface area (Å²) in [6.07, 6.45) is 0. The zero-order valence-corrected chi connectivity index (χ0v) is 11.6. The van der Waals surface area contributed by atoms with E-state index in [-0.39, 0.29) is 18.7 Å². The predicted molar refractivity (Wildman–Crippen MR) is 75.5 cm³/mol. The van der Waals surface area contributed by atoms with Gasteiger partial charge in [-0.25, -0.2) is 4.79 Å². The Labute approximate surface area is 114 Å². The molecular weight excluding hydrogens is 244 g/mol. The van der Waals surface area contributed by atoms with Gasteiger partial charge >= 0.3 is 6.03 Å². The Bertz CT molecular complexity index is 407. The monoisotopic (exact) mass is 266 g/mol. The molecule has 0 saturated heterocycles. The van der Waals surface area contributed by atoms with E-state index in [1.165, 1.54) is 0 Å². The van der Waals surface area contributed by atoms with Crippen LogP contribution in [-0.2, 0) is 0 Å². The van der Waals surface area contributed by atoms with Crippen molar-refractivity contribution in [3.05, 3.63) is 24.3 Å². The molecule has 1 aromatic rings. The molecule has 0 heterocycles. The van der Waals surface area contributed by atoms with Crippen molar-refractivity contribution in [1.29, 1.82) is 0 Å². The van der Waals surface area contributed by atoms with Gasteiger partial charge in [-0.1, -0.05) is 26.0 Å². The maximum atomic E-state index is 11.7. The molecule has 0 bridgehead atoms. The second kappa shape index (κ2) is 7.63. The molecule has 0 aliphatic heterocycles. The molecule has 19 heavy (non-hydrogen) atoms. The molecule has 5 nitrogen and oxygen atoms in total. The lowest BCUT2D eigenvalue weighted by Gasteiger charge is -2.15. The van der Waals surface area contributed by atoms with Gasteiger partial charge in [-0.15, -0.1) is 0 Å². The van der Waals surface area contributed by atoms with E-state index in [4.69, 9.17) is 9.84 Å². The predicted octanol–water partition coefficient (Wildman–Crippen LogP) is 2.22. The number of para-hydroxylation sites is 2. The smallest absolute Gasteiger partial charge is 0.319 e. The van der Waals surface area contributed by atoms with Gasteiger partial charge in [0.25, 0.3) is 0 Å². The number of aliphatic hydroxyl groups excluding tert-OH is 1. The molecule has 1 unspecified atom stereocenters. The van der Waals surface area contributed by atoms with Crippen LogP contribution < -0.4 is 15.4 Å². The number of ether oxygens (including phenoxy) is 1. The van der Waals surface area contributed by atoms with Gasteiger partial charge in [0.1, 0.15) is 5.75 Å². The van der Waals surface area contributed by atoms with Crippen LogP contribution >= 0.6 is 0 Å². The van der Waals surface area contributed by atoms with Crippen molar-refractivity contribution < 1.29 is 14.6 Å². The van der Waals surface area contributed by atoms with Crippen LogP contribution in [0.15, 0.2) is 24.3 Å². The number of hydrogen-bond donors (Lipinski definition) is 3. The number of rotatable bonds is 6. The average Bonchev–Trinajstić information content (AvgIpc) is 2.37. The van der Waals surface area contributed by atoms with Crippen molar-refractivity contribution in [2.24, 2.45) is 5.92 Å². The summed E-state index contributed by atoms with van der Waals surface area (Å²) in [5.74, 6) is 1.05. The third kappa shape index (κ3) is 5.61. The number of amides is 2. The van der Waals surface area contributed by atoms with Gasteiger partial charge in [-0.3, -0.25) is 0 Å². The van der Waals surface area contributed by atoms with Crippen molar-refractivity contribution in [3.8, 4) is 5.75 Å². The SMILES string of the molecule is CC(C)COc1ccccc1NC(=O)NC(C)CO. The zero-order chi connectivity index (χ0) is 14.3. The van der Waals surface area contributed by atoms with Crippen LogP contribution in [-0.4, -0.2) is 30.4 Å². The molecular formula is C14H22N2O3. The second-order valence-electron chi connectivity index (χ2n) is 4.88. The standard InChI is InChI=1S/C14H22N2O3/c1-10(2)9-19-13-7-5-4-6-12(13)16-14(18)15-11(3)8-17/h4-7,10-11,17H,8-9H2,1-3H3,(H2,15,16,18). The van der Waals surface area contributed by atoms with Crippen molar-refractivity contribution >= 4 is 11.7 Å². The number of nitrogens with one attached hydrogen (secondary N) is 2. The fourth-order valence-corrected chi connectivity index (χ4v) is 1.38. The topological polar surface area (TPSA) is 70.6 Å². The summed E-state index contributed by atoms with van der Waals surface area (Å²) in [5, 5.41) is 14.2. The Hall–Kier alpha value is -1.75.